The summed E-state index contributed by atoms with van der Waals surface area (Å²) in [6, 6.07) is 5.80. The van der Waals surface area contributed by atoms with Gasteiger partial charge in [0.05, 0.1) is 5.60 Å². The van der Waals surface area contributed by atoms with Gasteiger partial charge in [0, 0.05) is 20.8 Å². The zero-order valence-corrected chi connectivity index (χ0v) is 11.5. The fourth-order valence-corrected chi connectivity index (χ4v) is 3.84. The van der Waals surface area contributed by atoms with E-state index in [2.05, 4.69) is 15.9 Å². The second-order valence-corrected chi connectivity index (χ2v) is 6.28. The number of hydrogen-bond acceptors (Lipinski definition) is 3. The number of thioether (sulfide) groups is 1. The van der Waals surface area contributed by atoms with E-state index >= 15 is 0 Å². The lowest BCUT2D eigenvalue weighted by Gasteiger charge is -2.21. The molecule has 1 aliphatic rings. The summed E-state index contributed by atoms with van der Waals surface area (Å²) in [7, 11) is 0. The molecule has 1 aliphatic carbocycles. The molecule has 2 rings (SSSR count). The molecule has 1 saturated carbocycles. The lowest BCUT2D eigenvalue weighted by Crippen LogP contribution is -2.27. The molecule has 0 saturated heterocycles. The normalized spacial score (nSPS) is 18.9. The Kier molecular flexibility index (Phi) is 3.82. The summed E-state index contributed by atoms with van der Waals surface area (Å²) >= 11 is 5.19. The maximum atomic E-state index is 10.2. The Hall–Kier alpha value is -0.190. The van der Waals surface area contributed by atoms with E-state index in [1.807, 2.05) is 18.2 Å². The molecule has 0 unspecified atom stereocenters. The van der Waals surface area contributed by atoms with E-state index in [9.17, 15) is 5.11 Å². The van der Waals surface area contributed by atoms with Crippen LogP contribution in [-0.4, -0.2) is 16.5 Å². The van der Waals surface area contributed by atoms with E-state index in [0.717, 1.165) is 46.5 Å². The molecule has 1 aromatic carbocycles. The molecule has 0 heterocycles. The average molecular weight is 302 g/mol. The van der Waals surface area contributed by atoms with Crippen LogP contribution in [0.3, 0.4) is 0 Å². The molecule has 4 heteroatoms. The van der Waals surface area contributed by atoms with Gasteiger partial charge in [0.1, 0.15) is 0 Å². The van der Waals surface area contributed by atoms with E-state index in [1.165, 1.54) is 0 Å². The zero-order chi connectivity index (χ0) is 11.6. The number of hydrogen-bond donors (Lipinski definition) is 2. The standard InChI is InChI=1S/C12H16BrNOS/c13-10-7-9(14)3-4-11(10)16-8-12(15)5-1-2-6-12/h3-4,7,15H,1-2,5-6,8,14H2. The second-order valence-electron chi connectivity index (χ2n) is 4.41. The van der Waals surface area contributed by atoms with Crippen LogP contribution in [-0.2, 0) is 0 Å². The molecule has 0 radical (unpaired) electrons. The fourth-order valence-electron chi connectivity index (χ4n) is 2.02. The molecule has 0 amide bonds. The Morgan fingerprint density at radius 1 is 1.38 bits per heavy atom. The highest BCUT2D eigenvalue weighted by atomic mass is 79.9. The van der Waals surface area contributed by atoms with Crippen molar-refractivity contribution in [2.45, 2.75) is 36.2 Å². The van der Waals surface area contributed by atoms with Crippen molar-refractivity contribution in [3.05, 3.63) is 22.7 Å². The summed E-state index contributed by atoms with van der Waals surface area (Å²) in [5, 5.41) is 10.2. The lowest BCUT2D eigenvalue weighted by molar-refractivity contribution is 0.0732. The predicted octanol–water partition coefficient (Wildman–Crippen LogP) is 3.43. The summed E-state index contributed by atoms with van der Waals surface area (Å²) < 4.78 is 1.01. The number of nitrogen functional groups attached to an aromatic ring is 1. The molecule has 3 N–H and O–H groups in total. The van der Waals surface area contributed by atoms with Gasteiger partial charge >= 0.3 is 0 Å². The molecular weight excluding hydrogens is 286 g/mol. The molecule has 0 atom stereocenters. The van der Waals surface area contributed by atoms with E-state index in [4.69, 9.17) is 5.73 Å². The third-order valence-corrected chi connectivity index (χ3v) is 5.25. The van der Waals surface area contributed by atoms with E-state index in [1.54, 1.807) is 11.8 Å². The van der Waals surface area contributed by atoms with Crippen LogP contribution in [0, 0.1) is 0 Å². The topological polar surface area (TPSA) is 46.2 Å². The van der Waals surface area contributed by atoms with Crippen molar-refractivity contribution in [2.75, 3.05) is 11.5 Å². The molecule has 16 heavy (non-hydrogen) atoms. The third kappa shape index (κ3) is 2.93. The van der Waals surface area contributed by atoms with Gasteiger partial charge in [0.15, 0.2) is 0 Å². The first-order chi connectivity index (χ1) is 7.59. The molecule has 88 valence electrons. The largest absolute Gasteiger partial charge is 0.399 e. The highest BCUT2D eigenvalue weighted by molar-refractivity contribution is 9.10. The van der Waals surface area contributed by atoms with Crippen molar-refractivity contribution in [3.8, 4) is 0 Å². The van der Waals surface area contributed by atoms with Crippen LogP contribution in [0.25, 0.3) is 0 Å². The fraction of sp³-hybridized carbons (Fsp3) is 0.500. The molecular formula is C12H16BrNOS. The minimum absolute atomic E-state index is 0.453. The van der Waals surface area contributed by atoms with Crippen LogP contribution in [0.2, 0.25) is 0 Å². The SMILES string of the molecule is Nc1ccc(SCC2(O)CCCC2)c(Br)c1. The Balaban J connectivity index is 1.99. The van der Waals surface area contributed by atoms with Gasteiger partial charge in [-0.2, -0.15) is 0 Å². The van der Waals surface area contributed by atoms with Crippen molar-refractivity contribution >= 4 is 33.4 Å². The van der Waals surface area contributed by atoms with Crippen molar-refractivity contribution in [1.82, 2.24) is 0 Å². The monoisotopic (exact) mass is 301 g/mol. The van der Waals surface area contributed by atoms with Crippen LogP contribution in [0.4, 0.5) is 5.69 Å². The highest BCUT2D eigenvalue weighted by Crippen LogP contribution is 2.37. The Morgan fingerprint density at radius 2 is 2.06 bits per heavy atom. The molecule has 0 spiro atoms. The predicted molar refractivity (Wildman–Crippen MR) is 72.7 cm³/mol. The molecule has 0 aromatic heterocycles. The minimum Gasteiger partial charge on any atom is -0.399 e. The number of rotatable bonds is 3. The molecule has 0 aliphatic heterocycles. The maximum Gasteiger partial charge on any atom is 0.0741 e. The van der Waals surface area contributed by atoms with Gasteiger partial charge in [0.2, 0.25) is 0 Å². The van der Waals surface area contributed by atoms with Crippen LogP contribution >= 0.6 is 27.7 Å². The first-order valence-electron chi connectivity index (χ1n) is 5.49. The van der Waals surface area contributed by atoms with Gasteiger partial charge in [-0.25, -0.2) is 0 Å². The van der Waals surface area contributed by atoms with Crippen LogP contribution in [0.15, 0.2) is 27.6 Å². The molecule has 1 aromatic rings. The van der Waals surface area contributed by atoms with E-state index in [-0.39, 0.29) is 0 Å². The Bertz CT molecular complexity index is 377. The van der Waals surface area contributed by atoms with Gasteiger partial charge in [-0.05, 0) is 47.0 Å². The summed E-state index contributed by atoms with van der Waals surface area (Å²) in [5.74, 6) is 0.773. The van der Waals surface area contributed by atoms with Crippen molar-refractivity contribution in [2.24, 2.45) is 0 Å². The lowest BCUT2D eigenvalue weighted by atomic mass is 10.1. The van der Waals surface area contributed by atoms with Gasteiger partial charge in [0.25, 0.3) is 0 Å². The molecule has 1 fully saturated rings. The third-order valence-electron chi connectivity index (χ3n) is 2.99. The minimum atomic E-state index is -0.453. The number of aliphatic hydroxyl groups is 1. The summed E-state index contributed by atoms with van der Waals surface area (Å²) in [5.41, 5.74) is 5.99. The Labute approximate surface area is 109 Å². The highest BCUT2D eigenvalue weighted by Gasteiger charge is 2.31. The Morgan fingerprint density at radius 3 is 2.69 bits per heavy atom. The van der Waals surface area contributed by atoms with E-state index < -0.39 is 5.60 Å². The number of nitrogens with two attached hydrogens (primary N) is 1. The van der Waals surface area contributed by atoms with Gasteiger partial charge in [-0.15, -0.1) is 11.8 Å². The first kappa shape index (κ1) is 12.3. The van der Waals surface area contributed by atoms with Crippen molar-refractivity contribution in [1.29, 1.82) is 0 Å². The average Bonchev–Trinajstić information content (AvgIpc) is 2.64. The smallest absolute Gasteiger partial charge is 0.0741 e. The molecule has 2 nitrogen and oxygen atoms in total. The second kappa shape index (κ2) is 4.98. The number of anilines is 1. The molecule has 0 bridgehead atoms. The quantitative estimate of drug-likeness (QED) is 0.664. The van der Waals surface area contributed by atoms with Gasteiger partial charge < -0.3 is 10.8 Å². The van der Waals surface area contributed by atoms with Crippen molar-refractivity contribution in [3.63, 3.8) is 0 Å². The summed E-state index contributed by atoms with van der Waals surface area (Å²) in [4.78, 5) is 1.15. The number of halogens is 1. The van der Waals surface area contributed by atoms with Gasteiger partial charge in [-0.3, -0.25) is 0 Å². The van der Waals surface area contributed by atoms with Crippen LogP contribution < -0.4 is 5.73 Å². The van der Waals surface area contributed by atoms with Crippen molar-refractivity contribution < 1.29 is 5.11 Å². The van der Waals surface area contributed by atoms with E-state index in [0.29, 0.717) is 0 Å². The van der Waals surface area contributed by atoms with Crippen LogP contribution in [0.1, 0.15) is 25.7 Å². The summed E-state index contributed by atoms with van der Waals surface area (Å²) in [6.45, 7) is 0. The van der Waals surface area contributed by atoms with Gasteiger partial charge in [-0.1, -0.05) is 12.8 Å². The first-order valence-corrected chi connectivity index (χ1v) is 7.27. The number of benzene rings is 1. The zero-order valence-electron chi connectivity index (χ0n) is 9.08. The maximum absolute atomic E-state index is 10.2. The summed E-state index contributed by atoms with van der Waals surface area (Å²) in [6.07, 6.45) is 4.18. The van der Waals surface area contributed by atoms with Crippen LogP contribution in [0.5, 0.6) is 0 Å².